The first-order valence-electron chi connectivity index (χ1n) is 5.25. The van der Waals surface area contributed by atoms with Crippen LogP contribution < -0.4 is 10.8 Å². The van der Waals surface area contributed by atoms with E-state index in [4.69, 9.17) is 15.2 Å². The highest BCUT2D eigenvalue weighted by atomic mass is 16.7. The minimum absolute atomic E-state index is 0.0447. The van der Waals surface area contributed by atoms with Gasteiger partial charge in [-0.25, -0.2) is 4.79 Å². The van der Waals surface area contributed by atoms with Crippen molar-refractivity contribution in [1.29, 1.82) is 5.26 Å². The quantitative estimate of drug-likeness (QED) is 0.586. The fraction of sp³-hybridized carbons (Fsp3) is 0.800. The van der Waals surface area contributed by atoms with Gasteiger partial charge in [0.05, 0.1) is 12.1 Å². The first kappa shape index (κ1) is 12.9. The first-order chi connectivity index (χ1) is 7.45. The molecule has 90 valence electrons. The Bertz CT molecular complexity index is 290. The smallest absolute Gasteiger partial charge is 0.337 e. The second-order valence-electron chi connectivity index (χ2n) is 4.40. The van der Waals surface area contributed by atoms with Crippen molar-refractivity contribution in [1.82, 2.24) is 10.8 Å². The fourth-order valence-electron chi connectivity index (χ4n) is 1.34. The number of nitrogens with one attached hydrogen (secondary N) is 2. The van der Waals surface area contributed by atoms with Gasteiger partial charge in [0.15, 0.2) is 5.60 Å². The van der Waals surface area contributed by atoms with Crippen LogP contribution in [0.25, 0.3) is 0 Å². The van der Waals surface area contributed by atoms with Crippen LogP contribution in [0.4, 0.5) is 0 Å². The Morgan fingerprint density at radius 2 is 2.31 bits per heavy atom. The van der Waals surface area contributed by atoms with Gasteiger partial charge in [-0.1, -0.05) is 0 Å². The predicted molar refractivity (Wildman–Crippen MR) is 56.4 cm³/mol. The van der Waals surface area contributed by atoms with Crippen LogP contribution in [0.1, 0.15) is 26.7 Å². The molecule has 0 bridgehead atoms. The van der Waals surface area contributed by atoms with Crippen LogP contribution in [0, 0.1) is 11.3 Å². The molecule has 0 radical (unpaired) electrons. The van der Waals surface area contributed by atoms with Gasteiger partial charge in [-0.05, 0) is 26.7 Å². The van der Waals surface area contributed by atoms with Gasteiger partial charge < -0.3 is 10.4 Å². The number of carboxylic acid groups (broad SMARTS) is 1. The molecule has 16 heavy (non-hydrogen) atoms. The molecule has 6 nitrogen and oxygen atoms in total. The number of hydrogen-bond donors (Lipinski definition) is 3. The highest BCUT2D eigenvalue weighted by Crippen LogP contribution is 2.11. The van der Waals surface area contributed by atoms with E-state index in [0.29, 0.717) is 6.54 Å². The van der Waals surface area contributed by atoms with Crippen molar-refractivity contribution in [2.75, 3.05) is 6.54 Å². The van der Waals surface area contributed by atoms with E-state index < -0.39 is 11.6 Å². The van der Waals surface area contributed by atoms with Gasteiger partial charge in [0, 0.05) is 12.6 Å². The van der Waals surface area contributed by atoms with Crippen LogP contribution in [0.5, 0.6) is 0 Å². The summed E-state index contributed by atoms with van der Waals surface area (Å²) >= 11 is 0. The molecule has 1 aliphatic rings. The molecule has 0 aromatic rings. The van der Waals surface area contributed by atoms with E-state index in [1.165, 1.54) is 13.8 Å². The molecule has 0 aromatic heterocycles. The molecule has 0 aromatic carbocycles. The van der Waals surface area contributed by atoms with Crippen molar-refractivity contribution in [2.24, 2.45) is 0 Å². The van der Waals surface area contributed by atoms with Gasteiger partial charge in [0.1, 0.15) is 0 Å². The van der Waals surface area contributed by atoms with E-state index in [-0.39, 0.29) is 12.1 Å². The molecular formula is C10H17N3O3. The summed E-state index contributed by atoms with van der Waals surface area (Å²) < 4.78 is 0. The van der Waals surface area contributed by atoms with E-state index in [1.807, 2.05) is 0 Å². The van der Waals surface area contributed by atoms with Crippen molar-refractivity contribution in [3.8, 4) is 6.07 Å². The van der Waals surface area contributed by atoms with Gasteiger partial charge in [0.2, 0.25) is 0 Å². The van der Waals surface area contributed by atoms with Gasteiger partial charge in [-0.3, -0.25) is 4.84 Å². The zero-order valence-corrected chi connectivity index (χ0v) is 9.49. The number of carboxylic acids is 1. The van der Waals surface area contributed by atoms with Crippen molar-refractivity contribution >= 4 is 5.97 Å². The van der Waals surface area contributed by atoms with Crippen LogP contribution in [0.3, 0.4) is 0 Å². The van der Waals surface area contributed by atoms with Crippen LogP contribution in [0.2, 0.25) is 0 Å². The Kier molecular flexibility index (Phi) is 4.24. The molecule has 0 saturated carbocycles. The number of carbonyl (C=O) groups is 1. The van der Waals surface area contributed by atoms with Crippen LogP contribution >= 0.6 is 0 Å². The molecule has 0 aliphatic carbocycles. The first-order valence-corrected chi connectivity index (χ1v) is 5.25. The second kappa shape index (κ2) is 5.25. The lowest BCUT2D eigenvalue weighted by atomic mass is 10.0. The minimum atomic E-state index is -1.24. The summed E-state index contributed by atoms with van der Waals surface area (Å²) in [7, 11) is 0. The average molecular weight is 227 g/mol. The molecule has 6 heteroatoms. The Balaban J connectivity index is 2.30. The van der Waals surface area contributed by atoms with E-state index in [2.05, 4.69) is 16.9 Å². The molecular weight excluding hydrogens is 210 g/mol. The van der Waals surface area contributed by atoms with E-state index >= 15 is 0 Å². The zero-order chi connectivity index (χ0) is 12.2. The van der Waals surface area contributed by atoms with Crippen molar-refractivity contribution in [3.05, 3.63) is 0 Å². The van der Waals surface area contributed by atoms with Gasteiger partial charge in [0.25, 0.3) is 0 Å². The lowest BCUT2D eigenvalue weighted by Crippen LogP contribution is -2.50. The maximum absolute atomic E-state index is 10.8. The molecule has 1 rings (SSSR count). The topological polar surface area (TPSA) is 94.4 Å². The predicted octanol–water partition coefficient (Wildman–Crippen LogP) is 0.0150. The van der Waals surface area contributed by atoms with Gasteiger partial charge in [-0.15, -0.1) is 0 Å². The summed E-state index contributed by atoms with van der Waals surface area (Å²) in [6, 6.07) is 2.08. The summed E-state index contributed by atoms with van der Waals surface area (Å²) in [5.41, 5.74) is 1.49. The molecule has 3 N–H and O–H groups in total. The third kappa shape index (κ3) is 3.45. The molecule has 1 fully saturated rings. The molecule has 0 spiro atoms. The Labute approximate surface area is 94.5 Å². The molecule has 0 amide bonds. The SMILES string of the molecule is CC(C)(ON[C@@H]1CC[C@@H](C#N)NC1)C(=O)O. The Morgan fingerprint density at radius 1 is 1.62 bits per heavy atom. The summed E-state index contributed by atoms with van der Waals surface area (Å²) in [6.45, 7) is 3.57. The minimum Gasteiger partial charge on any atom is -0.479 e. The highest BCUT2D eigenvalue weighted by Gasteiger charge is 2.30. The lowest BCUT2D eigenvalue weighted by molar-refractivity contribution is -0.174. The largest absolute Gasteiger partial charge is 0.479 e. The molecule has 1 heterocycles. The number of rotatable bonds is 4. The fourth-order valence-corrected chi connectivity index (χ4v) is 1.34. The standard InChI is InChI=1S/C10H17N3O3/c1-10(2,9(14)15)16-13-8-4-3-7(5-11)12-6-8/h7-8,12-13H,3-4,6H2,1-2H3,(H,14,15)/t7-,8+/m0/s1. The summed E-state index contributed by atoms with van der Waals surface area (Å²) in [4.78, 5) is 15.9. The molecule has 1 aliphatic heterocycles. The van der Waals surface area contributed by atoms with Crippen molar-refractivity contribution < 1.29 is 14.7 Å². The number of hydroxylamine groups is 1. The van der Waals surface area contributed by atoms with Gasteiger partial charge >= 0.3 is 5.97 Å². The van der Waals surface area contributed by atoms with E-state index in [9.17, 15) is 4.79 Å². The number of piperidine rings is 1. The summed E-state index contributed by atoms with van der Waals surface area (Å²) in [5.74, 6) is -1.02. The van der Waals surface area contributed by atoms with Crippen molar-refractivity contribution in [2.45, 2.75) is 44.4 Å². The van der Waals surface area contributed by atoms with Crippen LogP contribution in [0.15, 0.2) is 0 Å². The monoisotopic (exact) mass is 227 g/mol. The van der Waals surface area contributed by atoms with Crippen LogP contribution in [-0.4, -0.2) is 35.3 Å². The molecule has 2 atom stereocenters. The third-order valence-corrected chi connectivity index (χ3v) is 2.57. The van der Waals surface area contributed by atoms with Crippen molar-refractivity contribution in [3.63, 3.8) is 0 Å². The maximum atomic E-state index is 10.8. The van der Waals surface area contributed by atoms with Crippen LogP contribution in [-0.2, 0) is 9.63 Å². The number of hydrogen-bond acceptors (Lipinski definition) is 5. The Hall–Kier alpha value is -1.16. The average Bonchev–Trinajstić information content (AvgIpc) is 2.27. The van der Waals surface area contributed by atoms with Gasteiger partial charge in [-0.2, -0.15) is 10.7 Å². The number of aliphatic carboxylic acids is 1. The number of nitrogens with zero attached hydrogens (tertiary/aromatic N) is 1. The summed E-state index contributed by atoms with van der Waals surface area (Å²) in [6.07, 6.45) is 1.53. The normalized spacial score (nSPS) is 26.1. The highest BCUT2D eigenvalue weighted by molar-refractivity contribution is 5.76. The molecule has 0 unspecified atom stereocenters. The maximum Gasteiger partial charge on any atom is 0.337 e. The summed E-state index contributed by atoms with van der Waals surface area (Å²) in [5, 5.41) is 20.5. The Morgan fingerprint density at radius 3 is 2.75 bits per heavy atom. The number of nitriles is 1. The second-order valence-corrected chi connectivity index (χ2v) is 4.40. The lowest BCUT2D eigenvalue weighted by Gasteiger charge is -2.29. The zero-order valence-electron chi connectivity index (χ0n) is 9.49. The third-order valence-electron chi connectivity index (χ3n) is 2.57. The molecule has 1 saturated heterocycles. The van der Waals surface area contributed by atoms with E-state index in [1.54, 1.807) is 0 Å². The van der Waals surface area contributed by atoms with E-state index in [0.717, 1.165) is 12.8 Å².